The van der Waals surface area contributed by atoms with Gasteiger partial charge in [0.25, 0.3) is 0 Å². The molecule has 0 radical (unpaired) electrons. The molecule has 1 aliphatic heterocycles. The summed E-state index contributed by atoms with van der Waals surface area (Å²) in [6.07, 6.45) is 0.140. The number of carboxylic acid groups (broad SMARTS) is 1. The Hall–Kier alpha value is -1.75. The lowest BCUT2D eigenvalue weighted by Crippen LogP contribution is -2.30. The van der Waals surface area contributed by atoms with Crippen LogP contribution in [-0.2, 0) is 11.3 Å². The van der Waals surface area contributed by atoms with Gasteiger partial charge >= 0.3 is 5.97 Å². The van der Waals surface area contributed by atoms with Crippen LogP contribution in [0.2, 0.25) is 0 Å². The van der Waals surface area contributed by atoms with Crippen molar-refractivity contribution in [3.8, 4) is 11.5 Å². The van der Waals surface area contributed by atoms with E-state index in [1.54, 1.807) is 0 Å². The van der Waals surface area contributed by atoms with E-state index in [-0.39, 0.29) is 12.5 Å². The van der Waals surface area contributed by atoms with Crippen molar-refractivity contribution < 1.29 is 19.4 Å². The minimum Gasteiger partial charge on any atom is -0.486 e. The molecule has 5 nitrogen and oxygen atoms in total. The Morgan fingerprint density at radius 1 is 1.37 bits per heavy atom. The molecule has 2 rings (SSSR count). The SMILES string of the molecule is CC(CC(=O)O)N(C)Cc1ccc2c(c1)OCCO2. The standard InChI is InChI=1S/C14H19NO4/c1-10(7-14(16)17)15(2)9-11-3-4-12-13(8-11)19-6-5-18-12/h3-4,8,10H,5-7,9H2,1-2H3,(H,16,17). The molecule has 5 heteroatoms. The summed E-state index contributed by atoms with van der Waals surface area (Å²) in [4.78, 5) is 12.7. The molecule has 1 heterocycles. The highest BCUT2D eigenvalue weighted by Gasteiger charge is 2.16. The van der Waals surface area contributed by atoms with Crippen molar-refractivity contribution in [2.75, 3.05) is 20.3 Å². The van der Waals surface area contributed by atoms with Gasteiger partial charge in [0.2, 0.25) is 0 Å². The Balaban J connectivity index is 2.00. The van der Waals surface area contributed by atoms with Gasteiger partial charge in [0.05, 0.1) is 6.42 Å². The van der Waals surface area contributed by atoms with Gasteiger partial charge in [-0.05, 0) is 31.7 Å². The van der Waals surface area contributed by atoms with Gasteiger partial charge in [-0.1, -0.05) is 6.07 Å². The summed E-state index contributed by atoms with van der Waals surface area (Å²) in [7, 11) is 1.92. The predicted molar refractivity (Wildman–Crippen MR) is 70.6 cm³/mol. The van der Waals surface area contributed by atoms with E-state index in [1.807, 2.05) is 37.1 Å². The van der Waals surface area contributed by atoms with E-state index in [9.17, 15) is 4.79 Å². The summed E-state index contributed by atoms with van der Waals surface area (Å²) in [6.45, 7) is 3.75. The first-order valence-electron chi connectivity index (χ1n) is 6.37. The fourth-order valence-electron chi connectivity index (χ4n) is 2.04. The Labute approximate surface area is 112 Å². The summed E-state index contributed by atoms with van der Waals surface area (Å²) < 4.78 is 11.0. The molecule has 0 spiro atoms. The molecule has 104 valence electrons. The first-order valence-corrected chi connectivity index (χ1v) is 6.37. The zero-order valence-electron chi connectivity index (χ0n) is 11.3. The van der Waals surface area contributed by atoms with Crippen LogP contribution in [0.25, 0.3) is 0 Å². The maximum Gasteiger partial charge on any atom is 0.304 e. The molecule has 1 N–H and O–H groups in total. The monoisotopic (exact) mass is 265 g/mol. The minimum absolute atomic E-state index is 0.00861. The smallest absolute Gasteiger partial charge is 0.304 e. The first kappa shape index (κ1) is 13.7. The molecule has 0 fully saturated rings. The third-order valence-corrected chi connectivity index (χ3v) is 3.26. The lowest BCUT2D eigenvalue weighted by molar-refractivity contribution is -0.138. The van der Waals surface area contributed by atoms with Crippen LogP contribution in [0.15, 0.2) is 18.2 Å². The fourth-order valence-corrected chi connectivity index (χ4v) is 2.04. The van der Waals surface area contributed by atoms with Crippen molar-refractivity contribution in [2.45, 2.75) is 25.9 Å². The first-order chi connectivity index (χ1) is 9.06. The van der Waals surface area contributed by atoms with Crippen molar-refractivity contribution in [1.29, 1.82) is 0 Å². The van der Waals surface area contributed by atoms with E-state index in [4.69, 9.17) is 14.6 Å². The van der Waals surface area contributed by atoms with Crippen molar-refractivity contribution in [3.63, 3.8) is 0 Å². The van der Waals surface area contributed by atoms with Gasteiger partial charge < -0.3 is 14.6 Å². The molecule has 0 saturated carbocycles. The predicted octanol–water partition coefficient (Wildman–Crippen LogP) is 1.75. The minimum atomic E-state index is -0.776. The second-order valence-electron chi connectivity index (χ2n) is 4.84. The number of fused-ring (bicyclic) bond motifs is 1. The van der Waals surface area contributed by atoms with Crippen molar-refractivity contribution in [2.24, 2.45) is 0 Å². The van der Waals surface area contributed by atoms with Crippen LogP contribution in [0, 0.1) is 0 Å². The molecule has 19 heavy (non-hydrogen) atoms. The maximum atomic E-state index is 10.7. The fraction of sp³-hybridized carbons (Fsp3) is 0.500. The molecule has 1 aromatic rings. The summed E-state index contributed by atoms with van der Waals surface area (Å²) >= 11 is 0. The number of ether oxygens (including phenoxy) is 2. The summed E-state index contributed by atoms with van der Waals surface area (Å²) in [5, 5.41) is 8.79. The highest BCUT2D eigenvalue weighted by atomic mass is 16.6. The van der Waals surface area contributed by atoms with E-state index in [2.05, 4.69) is 0 Å². The lowest BCUT2D eigenvalue weighted by atomic mass is 10.1. The molecular weight excluding hydrogens is 246 g/mol. The van der Waals surface area contributed by atoms with Gasteiger partial charge in [-0.25, -0.2) is 0 Å². The Morgan fingerprint density at radius 3 is 2.74 bits per heavy atom. The Morgan fingerprint density at radius 2 is 2.05 bits per heavy atom. The molecule has 0 bridgehead atoms. The van der Waals surface area contributed by atoms with Crippen LogP contribution in [0.3, 0.4) is 0 Å². The highest BCUT2D eigenvalue weighted by Crippen LogP contribution is 2.31. The molecule has 1 aromatic carbocycles. The van der Waals surface area contributed by atoms with Gasteiger partial charge in [0.15, 0.2) is 11.5 Å². The van der Waals surface area contributed by atoms with Gasteiger partial charge in [-0.3, -0.25) is 9.69 Å². The zero-order chi connectivity index (χ0) is 13.8. The van der Waals surface area contributed by atoms with Crippen LogP contribution in [0.4, 0.5) is 0 Å². The Bertz CT molecular complexity index is 461. The quantitative estimate of drug-likeness (QED) is 0.879. The number of hydrogen-bond acceptors (Lipinski definition) is 4. The molecular formula is C14H19NO4. The largest absolute Gasteiger partial charge is 0.486 e. The second-order valence-corrected chi connectivity index (χ2v) is 4.84. The highest BCUT2D eigenvalue weighted by molar-refractivity contribution is 5.67. The number of aliphatic carboxylic acids is 1. The van der Waals surface area contributed by atoms with Crippen molar-refractivity contribution >= 4 is 5.97 Å². The van der Waals surface area contributed by atoms with Crippen LogP contribution >= 0.6 is 0 Å². The summed E-state index contributed by atoms with van der Waals surface area (Å²) in [5.41, 5.74) is 1.09. The van der Waals surface area contributed by atoms with E-state index in [0.717, 1.165) is 17.1 Å². The number of carboxylic acids is 1. The molecule has 0 aromatic heterocycles. The molecule has 0 aliphatic carbocycles. The van der Waals surface area contributed by atoms with Gasteiger partial charge in [-0.15, -0.1) is 0 Å². The molecule has 1 atom stereocenters. The topological polar surface area (TPSA) is 59.0 Å². The third-order valence-electron chi connectivity index (χ3n) is 3.26. The number of nitrogens with zero attached hydrogens (tertiary/aromatic N) is 1. The van der Waals surface area contributed by atoms with Gasteiger partial charge in [0.1, 0.15) is 13.2 Å². The number of hydrogen-bond donors (Lipinski definition) is 1. The number of benzene rings is 1. The molecule has 1 aliphatic rings. The van der Waals surface area contributed by atoms with Crippen LogP contribution in [-0.4, -0.2) is 42.3 Å². The average Bonchev–Trinajstić information content (AvgIpc) is 2.37. The normalized spacial score (nSPS) is 15.3. The van der Waals surface area contributed by atoms with Crippen LogP contribution in [0.1, 0.15) is 18.9 Å². The average molecular weight is 265 g/mol. The van der Waals surface area contributed by atoms with Crippen LogP contribution < -0.4 is 9.47 Å². The van der Waals surface area contributed by atoms with E-state index < -0.39 is 5.97 Å². The molecule has 0 saturated heterocycles. The second kappa shape index (κ2) is 5.93. The number of rotatable bonds is 5. The molecule has 1 unspecified atom stereocenters. The Kier molecular flexibility index (Phi) is 4.27. The lowest BCUT2D eigenvalue weighted by Gasteiger charge is -2.24. The van der Waals surface area contributed by atoms with E-state index >= 15 is 0 Å². The maximum absolute atomic E-state index is 10.7. The number of carbonyl (C=O) groups is 1. The molecule has 0 amide bonds. The summed E-state index contributed by atoms with van der Waals surface area (Å²) in [6, 6.07) is 5.83. The third kappa shape index (κ3) is 3.61. The van der Waals surface area contributed by atoms with E-state index in [1.165, 1.54) is 0 Å². The van der Waals surface area contributed by atoms with Gasteiger partial charge in [0, 0.05) is 12.6 Å². The zero-order valence-corrected chi connectivity index (χ0v) is 11.3. The van der Waals surface area contributed by atoms with Crippen molar-refractivity contribution in [3.05, 3.63) is 23.8 Å². The summed E-state index contributed by atoms with van der Waals surface area (Å²) in [5.74, 6) is 0.765. The van der Waals surface area contributed by atoms with Gasteiger partial charge in [-0.2, -0.15) is 0 Å². The van der Waals surface area contributed by atoms with E-state index in [0.29, 0.717) is 19.8 Å². The van der Waals surface area contributed by atoms with Crippen molar-refractivity contribution in [1.82, 2.24) is 4.90 Å². The van der Waals surface area contributed by atoms with Crippen LogP contribution in [0.5, 0.6) is 11.5 Å².